The van der Waals surface area contributed by atoms with Gasteiger partial charge in [-0.05, 0) is 67.0 Å². The molecule has 0 saturated heterocycles. The third-order valence-electron chi connectivity index (χ3n) is 7.62. The molecule has 0 radical (unpaired) electrons. The largest absolute Gasteiger partial charge is 0.294 e. The van der Waals surface area contributed by atoms with Crippen molar-refractivity contribution in [3.05, 3.63) is 152 Å². The van der Waals surface area contributed by atoms with E-state index in [2.05, 4.69) is 128 Å². The van der Waals surface area contributed by atoms with Crippen LogP contribution in [0.4, 0.5) is 0 Å². The normalized spacial score (nSPS) is 12.9. The van der Waals surface area contributed by atoms with Gasteiger partial charge in [0.1, 0.15) is 17.2 Å². The number of imidazole rings is 1. The van der Waals surface area contributed by atoms with Crippen LogP contribution in [-0.4, -0.2) is 18.7 Å². The average Bonchev–Trinajstić information content (AvgIpc) is 3.61. The van der Waals surface area contributed by atoms with E-state index >= 15 is 0 Å². The van der Waals surface area contributed by atoms with Gasteiger partial charge in [-0.1, -0.05) is 72.4 Å². The van der Waals surface area contributed by atoms with Gasteiger partial charge >= 0.3 is 0 Å². The van der Waals surface area contributed by atoms with Crippen LogP contribution in [0.5, 0.6) is 0 Å². The quantitative estimate of drug-likeness (QED) is 0.195. The fraction of sp³-hybridized carbons (Fsp3) is 0.0270. The fourth-order valence-electron chi connectivity index (χ4n) is 5.75. The number of hydrogen-bond acceptors (Lipinski definition) is 2. The maximum Gasteiger partial charge on any atom is 0.168 e. The van der Waals surface area contributed by atoms with E-state index < -0.39 is 6.85 Å². The first-order chi connectivity index (χ1) is 21.9. The molecule has 0 spiro atoms. The van der Waals surface area contributed by atoms with Crippen LogP contribution >= 0.6 is 11.8 Å². The van der Waals surface area contributed by atoms with Crippen molar-refractivity contribution in [2.75, 3.05) is 0 Å². The highest BCUT2D eigenvalue weighted by Crippen LogP contribution is 2.37. The second-order valence-corrected chi connectivity index (χ2v) is 11.4. The van der Waals surface area contributed by atoms with E-state index in [0.717, 1.165) is 54.0 Å². The van der Waals surface area contributed by atoms with Crippen LogP contribution in [0.15, 0.2) is 156 Å². The fourth-order valence-corrected chi connectivity index (χ4v) is 6.65. The molecule has 0 aliphatic rings. The molecule has 8 rings (SSSR count). The third-order valence-corrected chi connectivity index (χ3v) is 8.60. The number of pyridine rings is 1. The minimum Gasteiger partial charge on any atom is -0.294 e. The van der Waals surface area contributed by atoms with Gasteiger partial charge in [0.15, 0.2) is 17.4 Å². The van der Waals surface area contributed by atoms with Crippen molar-refractivity contribution in [3.63, 3.8) is 0 Å². The molecule has 200 valence electrons. The number of aromatic nitrogens is 4. The maximum atomic E-state index is 7.94. The molecule has 42 heavy (non-hydrogen) atoms. The first-order valence-electron chi connectivity index (χ1n) is 15.3. The first-order valence-corrected chi connectivity index (χ1v) is 14.6. The van der Waals surface area contributed by atoms with E-state index in [1.54, 1.807) is 30.1 Å². The molecule has 0 N–H and O–H groups in total. The molecule has 3 heterocycles. The Labute approximate surface area is 252 Å². The van der Waals surface area contributed by atoms with E-state index in [9.17, 15) is 0 Å². The Kier molecular flexibility index (Phi) is 5.17. The van der Waals surface area contributed by atoms with Crippen LogP contribution in [0.3, 0.4) is 0 Å². The summed E-state index contributed by atoms with van der Waals surface area (Å²) in [5.74, 6) is 0.588. The smallest absolute Gasteiger partial charge is 0.168 e. The van der Waals surface area contributed by atoms with Crippen LogP contribution < -0.4 is 0 Å². The Bertz CT molecular complexity index is 2360. The SMILES string of the molecule is [2H]C([2H])([2H])c1ccnc(-n2c3ccccc3c3ccc(Sc4cccc(-n5[cH+]n(-c6ccccc6)c6ccccc65)c4)cc32)c1. The molecular weight excluding hydrogens is 533 g/mol. The van der Waals surface area contributed by atoms with E-state index in [4.69, 9.17) is 4.11 Å². The second-order valence-electron chi connectivity index (χ2n) is 10.2. The number of fused-ring (bicyclic) bond motifs is 4. The zero-order valence-corrected chi connectivity index (χ0v) is 23.4. The van der Waals surface area contributed by atoms with Crippen molar-refractivity contribution in [1.82, 2.24) is 18.7 Å². The summed E-state index contributed by atoms with van der Waals surface area (Å²) >= 11 is 1.70. The zero-order valence-electron chi connectivity index (χ0n) is 25.6. The number of rotatable bonds is 5. The highest BCUT2D eigenvalue weighted by molar-refractivity contribution is 7.99. The van der Waals surface area contributed by atoms with Crippen molar-refractivity contribution < 1.29 is 4.11 Å². The van der Waals surface area contributed by atoms with Crippen molar-refractivity contribution >= 4 is 44.6 Å². The van der Waals surface area contributed by atoms with Crippen molar-refractivity contribution in [2.24, 2.45) is 0 Å². The molecule has 0 bridgehead atoms. The van der Waals surface area contributed by atoms with Crippen LogP contribution in [0.25, 0.3) is 50.0 Å². The minimum absolute atomic E-state index is 0.270. The summed E-state index contributed by atoms with van der Waals surface area (Å²) in [6.45, 7) is -2.21. The number of aryl methyl sites for hydroxylation is 1. The first kappa shape index (κ1) is 21.6. The van der Waals surface area contributed by atoms with Gasteiger partial charge in [0, 0.05) is 49.1 Å². The van der Waals surface area contributed by atoms with Crippen LogP contribution in [0.2, 0.25) is 0 Å². The molecule has 8 aromatic rings. The molecule has 5 heteroatoms. The highest BCUT2D eigenvalue weighted by atomic mass is 32.2. The van der Waals surface area contributed by atoms with E-state index in [-0.39, 0.29) is 5.56 Å². The minimum atomic E-state index is -2.21. The monoisotopic (exact) mass is 562 g/mol. The van der Waals surface area contributed by atoms with Crippen molar-refractivity contribution in [3.8, 4) is 17.2 Å². The molecule has 5 aromatic carbocycles. The number of benzene rings is 5. The van der Waals surface area contributed by atoms with E-state index in [1.165, 1.54) is 0 Å². The molecule has 0 aliphatic heterocycles. The van der Waals surface area contributed by atoms with Crippen LogP contribution in [0.1, 0.15) is 9.68 Å². The lowest BCUT2D eigenvalue weighted by atomic mass is 10.2. The Balaban J connectivity index is 1.21. The molecular formula is C37H27N4S+. The summed E-state index contributed by atoms with van der Waals surface area (Å²) < 4.78 is 30.3. The Hall–Kier alpha value is -5.13. The van der Waals surface area contributed by atoms with Gasteiger partial charge in [0.25, 0.3) is 0 Å². The number of para-hydroxylation sites is 4. The number of hydrogen-bond donors (Lipinski definition) is 0. The molecule has 0 saturated carbocycles. The molecule has 0 aliphatic carbocycles. The Morgan fingerprint density at radius 3 is 2.12 bits per heavy atom. The lowest BCUT2D eigenvalue weighted by molar-refractivity contribution is 1.01. The predicted octanol–water partition coefficient (Wildman–Crippen LogP) is 9.65. The van der Waals surface area contributed by atoms with Gasteiger partial charge in [-0.3, -0.25) is 4.57 Å². The van der Waals surface area contributed by atoms with Gasteiger partial charge in [-0.15, -0.1) is 0 Å². The molecule has 0 atom stereocenters. The van der Waals surface area contributed by atoms with Gasteiger partial charge in [-0.2, -0.15) is 9.13 Å². The molecule has 3 aromatic heterocycles. The van der Waals surface area contributed by atoms with Gasteiger partial charge < -0.3 is 0 Å². The summed E-state index contributed by atoms with van der Waals surface area (Å²) in [6, 6.07) is 45.3. The van der Waals surface area contributed by atoms with Gasteiger partial charge in [0.2, 0.25) is 0 Å². The zero-order chi connectivity index (χ0) is 30.5. The summed E-state index contributed by atoms with van der Waals surface area (Å²) in [6.07, 6.45) is 3.73. The summed E-state index contributed by atoms with van der Waals surface area (Å²) in [7, 11) is 0. The Morgan fingerprint density at radius 2 is 1.29 bits per heavy atom. The maximum absolute atomic E-state index is 7.94. The average molecular weight is 563 g/mol. The summed E-state index contributed by atoms with van der Waals surface area (Å²) in [5, 5.41) is 2.19. The third kappa shape index (κ3) is 4.18. The van der Waals surface area contributed by atoms with Crippen molar-refractivity contribution in [2.45, 2.75) is 16.6 Å². The summed E-state index contributed by atoms with van der Waals surface area (Å²) in [5.41, 5.74) is 6.68. The van der Waals surface area contributed by atoms with Crippen LogP contribution in [0, 0.1) is 6.85 Å². The molecule has 0 amide bonds. The van der Waals surface area contributed by atoms with Crippen molar-refractivity contribution in [1.29, 1.82) is 0 Å². The lowest BCUT2D eigenvalue weighted by Crippen LogP contribution is -1.97. The number of nitrogens with zero attached hydrogens (tertiary/aromatic N) is 4. The topological polar surface area (TPSA) is 27.7 Å². The second kappa shape index (κ2) is 10.1. The summed E-state index contributed by atoms with van der Waals surface area (Å²) in [4.78, 5) is 6.79. The Morgan fingerprint density at radius 1 is 0.595 bits per heavy atom. The van der Waals surface area contributed by atoms with Gasteiger partial charge in [0.05, 0.1) is 11.0 Å². The molecule has 0 unspecified atom stereocenters. The standard InChI is InChI=1S/C37H27N4S/c1-26-20-21-38-37(22-26)41-33-15-6-5-14-31(33)32-19-18-30(24-36(32)41)42-29-13-9-12-28(23-29)40-25-39(27-10-3-2-4-11-27)34-16-7-8-17-35(34)40/h2-25H,1H3/q+1/i1D3. The predicted molar refractivity (Wildman–Crippen MR) is 174 cm³/mol. The van der Waals surface area contributed by atoms with Gasteiger partial charge in [-0.25, -0.2) is 4.98 Å². The molecule has 0 fully saturated rings. The van der Waals surface area contributed by atoms with E-state index in [1.807, 2.05) is 18.2 Å². The lowest BCUT2D eigenvalue weighted by Gasteiger charge is -2.09. The van der Waals surface area contributed by atoms with Crippen LogP contribution in [-0.2, 0) is 0 Å². The van der Waals surface area contributed by atoms with E-state index in [0.29, 0.717) is 5.82 Å². The molecule has 4 nitrogen and oxygen atoms in total. The highest BCUT2D eigenvalue weighted by Gasteiger charge is 2.18.